The summed E-state index contributed by atoms with van der Waals surface area (Å²) in [6.45, 7) is 6.51. The van der Waals surface area contributed by atoms with Crippen molar-refractivity contribution in [3.63, 3.8) is 0 Å². The molecule has 18 heavy (non-hydrogen) atoms. The van der Waals surface area contributed by atoms with Crippen molar-refractivity contribution in [2.75, 3.05) is 26.2 Å². The van der Waals surface area contributed by atoms with E-state index in [1.807, 2.05) is 0 Å². The summed E-state index contributed by atoms with van der Waals surface area (Å²) >= 11 is 0. The highest BCUT2D eigenvalue weighted by Crippen LogP contribution is 2.33. The van der Waals surface area contributed by atoms with E-state index >= 15 is 0 Å². The highest BCUT2D eigenvalue weighted by Gasteiger charge is 2.27. The third-order valence-electron chi connectivity index (χ3n) is 4.34. The zero-order chi connectivity index (χ0) is 13.0. The summed E-state index contributed by atoms with van der Waals surface area (Å²) in [5, 5.41) is 3.04. The number of hydrogen-bond acceptors (Lipinski definition) is 3. The van der Waals surface area contributed by atoms with Gasteiger partial charge in [-0.2, -0.15) is 0 Å². The number of amides is 1. The van der Waals surface area contributed by atoms with Crippen LogP contribution in [0.3, 0.4) is 0 Å². The minimum atomic E-state index is -0.284. The highest BCUT2D eigenvalue weighted by atomic mass is 16.2. The van der Waals surface area contributed by atoms with Crippen molar-refractivity contribution in [1.29, 1.82) is 0 Å². The quantitative estimate of drug-likeness (QED) is 0.741. The zero-order valence-electron chi connectivity index (χ0n) is 11.5. The average molecular weight is 253 g/mol. The molecule has 4 heteroatoms. The van der Waals surface area contributed by atoms with Gasteiger partial charge in [-0.1, -0.05) is 19.8 Å². The first kappa shape index (κ1) is 13.8. The maximum Gasteiger partial charge on any atom is 0.236 e. The summed E-state index contributed by atoms with van der Waals surface area (Å²) in [5.41, 5.74) is 5.90. The molecule has 0 bridgehead atoms. The van der Waals surface area contributed by atoms with Crippen molar-refractivity contribution in [3.8, 4) is 0 Å². The van der Waals surface area contributed by atoms with Gasteiger partial charge in [0.1, 0.15) is 0 Å². The molecule has 0 aromatic rings. The number of nitrogens with two attached hydrogens (primary N) is 1. The number of hydrogen-bond donors (Lipinski definition) is 2. The van der Waals surface area contributed by atoms with Crippen LogP contribution in [0.5, 0.6) is 0 Å². The van der Waals surface area contributed by atoms with Gasteiger partial charge in [0.15, 0.2) is 0 Å². The van der Waals surface area contributed by atoms with Gasteiger partial charge in [-0.15, -0.1) is 0 Å². The maximum absolute atomic E-state index is 11.8. The number of likely N-dealkylation sites (tertiary alicyclic amines) is 1. The van der Waals surface area contributed by atoms with Crippen LogP contribution in [-0.2, 0) is 4.79 Å². The molecule has 2 rings (SSSR count). The molecule has 2 fully saturated rings. The Balaban J connectivity index is 1.60. The molecule has 1 unspecified atom stereocenters. The summed E-state index contributed by atoms with van der Waals surface area (Å²) in [6.07, 6.45) is 5.80. The zero-order valence-corrected chi connectivity index (χ0v) is 11.5. The molecule has 1 aliphatic heterocycles. The van der Waals surface area contributed by atoms with Gasteiger partial charge in [-0.05, 0) is 50.7 Å². The fraction of sp³-hybridized carbons (Fsp3) is 0.929. The van der Waals surface area contributed by atoms with Gasteiger partial charge in [0.05, 0.1) is 6.04 Å². The normalized spacial score (nSPS) is 23.9. The first-order chi connectivity index (χ1) is 8.69. The van der Waals surface area contributed by atoms with E-state index in [0.29, 0.717) is 5.92 Å². The van der Waals surface area contributed by atoms with Crippen LogP contribution >= 0.6 is 0 Å². The fourth-order valence-electron chi connectivity index (χ4n) is 2.70. The highest BCUT2D eigenvalue weighted by molar-refractivity contribution is 5.81. The Morgan fingerprint density at radius 1 is 1.28 bits per heavy atom. The van der Waals surface area contributed by atoms with Crippen molar-refractivity contribution < 1.29 is 4.79 Å². The molecule has 3 N–H and O–H groups in total. The van der Waals surface area contributed by atoms with Crippen molar-refractivity contribution in [1.82, 2.24) is 10.2 Å². The lowest BCUT2D eigenvalue weighted by atomic mass is 9.96. The van der Waals surface area contributed by atoms with Crippen LogP contribution in [0.1, 0.15) is 39.0 Å². The Hall–Kier alpha value is -0.610. The van der Waals surface area contributed by atoms with Gasteiger partial charge in [0.2, 0.25) is 5.91 Å². The first-order valence-corrected chi connectivity index (χ1v) is 7.44. The monoisotopic (exact) mass is 253 g/mol. The summed E-state index contributed by atoms with van der Waals surface area (Å²) in [4.78, 5) is 14.3. The minimum Gasteiger partial charge on any atom is -0.354 e. The number of piperidine rings is 1. The van der Waals surface area contributed by atoms with E-state index in [4.69, 9.17) is 5.73 Å². The number of nitrogens with zero attached hydrogens (tertiary/aromatic N) is 1. The predicted octanol–water partition coefficient (Wildman–Crippen LogP) is 0.962. The van der Waals surface area contributed by atoms with Crippen LogP contribution in [0.25, 0.3) is 0 Å². The van der Waals surface area contributed by atoms with Gasteiger partial charge in [0, 0.05) is 6.54 Å². The summed E-state index contributed by atoms with van der Waals surface area (Å²) in [6, 6.07) is -0.284. The lowest BCUT2D eigenvalue weighted by Crippen LogP contribution is -2.44. The summed E-state index contributed by atoms with van der Waals surface area (Å²) in [7, 11) is 0. The second-order valence-corrected chi connectivity index (χ2v) is 5.91. The van der Waals surface area contributed by atoms with E-state index < -0.39 is 0 Å². The summed E-state index contributed by atoms with van der Waals surface area (Å²) < 4.78 is 0. The molecule has 0 aromatic carbocycles. The lowest BCUT2D eigenvalue weighted by molar-refractivity contribution is -0.122. The Bertz CT molecular complexity index is 270. The molecule has 1 heterocycles. The topological polar surface area (TPSA) is 58.4 Å². The van der Waals surface area contributed by atoms with E-state index in [-0.39, 0.29) is 11.9 Å². The van der Waals surface area contributed by atoms with Crippen LogP contribution in [0, 0.1) is 11.8 Å². The minimum absolute atomic E-state index is 0.0554. The maximum atomic E-state index is 11.8. The Labute approximate surface area is 110 Å². The van der Waals surface area contributed by atoms with Crippen molar-refractivity contribution >= 4 is 5.91 Å². The summed E-state index contributed by atoms with van der Waals surface area (Å²) in [5.74, 6) is 1.42. The lowest BCUT2D eigenvalue weighted by Gasteiger charge is -2.31. The van der Waals surface area contributed by atoms with Crippen LogP contribution in [-0.4, -0.2) is 43.0 Å². The van der Waals surface area contributed by atoms with Crippen molar-refractivity contribution in [2.24, 2.45) is 17.6 Å². The predicted molar refractivity (Wildman–Crippen MR) is 73.2 cm³/mol. The number of nitrogens with one attached hydrogen (secondary N) is 1. The van der Waals surface area contributed by atoms with Gasteiger partial charge < -0.3 is 16.0 Å². The van der Waals surface area contributed by atoms with Crippen molar-refractivity contribution in [2.45, 2.75) is 45.1 Å². The molecule has 0 aromatic heterocycles. The van der Waals surface area contributed by atoms with Gasteiger partial charge >= 0.3 is 0 Å². The van der Waals surface area contributed by atoms with Gasteiger partial charge in [-0.25, -0.2) is 0 Å². The molecule has 104 valence electrons. The third-order valence-corrected chi connectivity index (χ3v) is 4.34. The molecule has 1 saturated carbocycles. The number of carbonyl (C=O) groups is 1. The van der Waals surface area contributed by atoms with Crippen molar-refractivity contribution in [3.05, 3.63) is 0 Å². The van der Waals surface area contributed by atoms with E-state index in [1.54, 1.807) is 0 Å². The van der Waals surface area contributed by atoms with E-state index in [0.717, 1.165) is 25.4 Å². The second kappa shape index (κ2) is 6.53. The smallest absolute Gasteiger partial charge is 0.236 e. The molecule has 1 saturated heterocycles. The Morgan fingerprint density at radius 2 is 1.94 bits per heavy atom. The molecule has 0 spiro atoms. The van der Waals surface area contributed by atoms with Gasteiger partial charge in [0.25, 0.3) is 0 Å². The van der Waals surface area contributed by atoms with E-state index in [2.05, 4.69) is 17.1 Å². The van der Waals surface area contributed by atoms with E-state index in [1.165, 1.54) is 38.8 Å². The molecule has 2 aliphatic rings. The van der Waals surface area contributed by atoms with Crippen LogP contribution < -0.4 is 11.1 Å². The standard InChI is InChI=1S/C14H27N3O/c1-2-17-7-5-12(6-8-17)10-16-14(18)13(15)9-11-3-4-11/h11-13H,2-10,15H2,1H3,(H,16,18). The molecule has 4 nitrogen and oxygen atoms in total. The van der Waals surface area contributed by atoms with Crippen LogP contribution in [0.4, 0.5) is 0 Å². The number of rotatable bonds is 6. The Kier molecular flexibility index (Phi) is 5.01. The average Bonchev–Trinajstić information content (AvgIpc) is 3.20. The van der Waals surface area contributed by atoms with Crippen LogP contribution in [0.15, 0.2) is 0 Å². The Morgan fingerprint density at radius 3 is 2.50 bits per heavy atom. The first-order valence-electron chi connectivity index (χ1n) is 7.44. The largest absolute Gasteiger partial charge is 0.354 e. The van der Waals surface area contributed by atoms with E-state index in [9.17, 15) is 4.79 Å². The number of carbonyl (C=O) groups excluding carboxylic acids is 1. The van der Waals surface area contributed by atoms with Gasteiger partial charge in [-0.3, -0.25) is 4.79 Å². The second-order valence-electron chi connectivity index (χ2n) is 5.91. The third kappa shape index (κ3) is 4.25. The SMILES string of the molecule is CCN1CCC(CNC(=O)C(N)CC2CC2)CC1. The molecule has 1 atom stereocenters. The molecular weight excluding hydrogens is 226 g/mol. The molecular formula is C14H27N3O. The molecule has 1 amide bonds. The molecule has 0 radical (unpaired) electrons. The fourth-order valence-corrected chi connectivity index (χ4v) is 2.70. The molecule has 1 aliphatic carbocycles. The van der Waals surface area contributed by atoms with Crippen LogP contribution in [0.2, 0.25) is 0 Å².